The van der Waals surface area contributed by atoms with Crippen LogP contribution in [0.25, 0.3) is 0 Å². The van der Waals surface area contributed by atoms with Crippen molar-refractivity contribution < 1.29 is 19.2 Å². The first-order valence-electron chi connectivity index (χ1n) is 9.03. The summed E-state index contributed by atoms with van der Waals surface area (Å²) in [6.07, 6.45) is 0. The summed E-state index contributed by atoms with van der Waals surface area (Å²) in [5.74, 6) is 1.47. The Labute approximate surface area is 153 Å². The second-order valence-electron chi connectivity index (χ2n) is 6.82. The van der Waals surface area contributed by atoms with E-state index in [0.717, 1.165) is 43.2 Å². The van der Waals surface area contributed by atoms with Crippen molar-refractivity contribution in [3.8, 4) is 11.5 Å². The summed E-state index contributed by atoms with van der Waals surface area (Å²) in [7, 11) is 0. The lowest BCUT2D eigenvalue weighted by molar-refractivity contribution is -0.892. The molecular weight excluding hydrogens is 330 g/mol. The fourth-order valence-corrected chi connectivity index (χ4v) is 3.50. The number of benzene rings is 2. The number of rotatable bonds is 4. The van der Waals surface area contributed by atoms with E-state index < -0.39 is 0 Å². The zero-order valence-electron chi connectivity index (χ0n) is 15.0. The summed E-state index contributed by atoms with van der Waals surface area (Å²) in [5, 5.41) is 3.02. The second-order valence-corrected chi connectivity index (χ2v) is 6.82. The molecule has 2 aromatic rings. The van der Waals surface area contributed by atoms with Crippen molar-refractivity contribution in [1.82, 2.24) is 0 Å². The molecule has 136 valence electrons. The predicted molar refractivity (Wildman–Crippen MR) is 100 cm³/mol. The number of aryl methyl sites for hydroxylation is 1. The Kier molecular flexibility index (Phi) is 4.67. The third-order valence-electron chi connectivity index (χ3n) is 5.00. The fraction of sp³-hybridized carbons (Fsp3) is 0.350. The lowest BCUT2D eigenvalue weighted by atomic mass is 10.1. The molecule has 0 unspecified atom stereocenters. The van der Waals surface area contributed by atoms with E-state index in [0.29, 0.717) is 12.3 Å². The van der Waals surface area contributed by atoms with Crippen LogP contribution < -0.4 is 24.6 Å². The van der Waals surface area contributed by atoms with E-state index in [4.69, 9.17) is 9.47 Å². The molecule has 0 spiro atoms. The smallest absolute Gasteiger partial charge is 0.279 e. The highest BCUT2D eigenvalue weighted by atomic mass is 16.7. The van der Waals surface area contributed by atoms with Crippen LogP contribution in [0.1, 0.15) is 5.56 Å². The average molecular weight is 354 g/mol. The SMILES string of the molecule is Cc1cc2c(cc1NC(=O)C[NH+]1CCN(c3ccccc3)CC1)OCO2. The number of fused-ring (bicyclic) bond motifs is 1. The molecule has 4 rings (SSSR count). The average Bonchev–Trinajstić information content (AvgIpc) is 3.10. The Morgan fingerprint density at radius 3 is 2.54 bits per heavy atom. The Bertz CT molecular complexity index is 786. The number of ether oxygens (including phenoxy) is 2. The number of quaternary nitrogens is 1. The van der Waals surface area contributed by atoms with Gasteiger partial charge in [0.1, 0.15) is 0 Å². The minimum atomic E-state index is 0.0372. The van der Waals surface area contributed by atoms with Gasteiger partial charge in [0.2, 0.25) is 6.79 Å². The zero-order valence-corrected chi connectivity index (χ0v) is 15.0. The Morgan fingerprint density at radius 1 is 1.12 bits per heavy atom. The lowest BCUT2D eigenvalue weighted by Gasteiger charge is -2.33. The Balaban J connectivity index is 1.31. The van der Waals surface area contributed by atoms with E-state index >= 15 is 0 Å². The molecule has 0 aliphatic carbocycles. The van der Waals surface area contributed by atoms with Crippen LogP contribution in [0.2, 0.25) is 0 Å². The fourth-order valence-electron chi connectivity index (χ4n) is 3.50. The first-order valence-corrected chi connectivity index (χ1v) is 9.03. The molecule has 2 aliphatic rings. The molecule has 0 bridgehead atoms. The largest absolute Gasteiger partial charge is 0.454 e. The number of carbonyl (C=O) groups is 1. The van der Waals surface area contributed by atoms with Crippen molar-refractivity contribution in [3.63, 3.8) is 0 Å². The molecule has 0 atom stereocenters. The first kappa shape index (κ1) is 16.7. The van der Waals surface area contributed by atoms with Gasteiger partial charge in [-0.1, -0.05) is 18.2 Å². The number of hydrogen-bond donors (Lipinski definition) is 2. The molecule has 0 aromatic heterocycles. The monoisotopic (exact) mass is 354 g/mol. The van der Waals surface area contributed by atoms with E-state index in [2.05, 4.69) is 34.5 Å². The van der Waals surface area contributed by atoms with Gasteiger partial charge in [-0.05, 0) is 30.7 Å². The molecule has 2 N–H and O–H groups in total. The van der Waals surface area contributed by atoms with E-state index in [1.165, 1.54) is 10.6 Å². The van der Waals surface area contributed by atoms with Gasteiger partial charge in [-0.25, -0.2) is 0 Å². The quantitative estimate of drug-likeness (QED) is 0.862. The van der Waals surface area contributed by atoms with Crippen LogP contribution in [-0.2, 0) is 4.79 Å². The van der Waals surface area contributed by atoms with Crippen LogP contribution in [0.3, 0.4) is 0 Å². The van der Waals surface area contributed by atoms with Crippen molar-refractivity contribution in [2.75, 3.05) is 49.7 Å². The normalized spacial score (nSPS) is 16.6. The summed E-state index contributed by atoms with van der Waals surface area (Å²) >= 11 is 0. The number of hydrogen-bond acceptors (Lipinski definition) is 4. The number of carbonyl (C=O) groups excluding carboxylic acids is 1. The molecule has 1 amide bonds. The highest BCUT2D eigenvalue weighted by Gasteiger charge is 2.23. The Morgan fingerprint density at radius 2 is 1.81 bits per heavy atom. The lowest BCUT2D eigenvalue weighted by Crippen LogP contribution is -3.15. The molecule has 1 saturated heterocycles. The van der Waals surface area contributed by atoms with Gasteiger partial charge in [-0.15, -0.1) is 0 Å². The molecule has 2 heterocycles. The minimum absolute atomic E-state index is 0.0372. The van der Waals surface area contributed by atoms with Gasteiger partial charge in [0.25, 0.3) is 5.91 Å². The zero-order chi connectivity index (χ0) is 17.9. The van der Waals surface area contributed by atoms with Crippen LogP contribution in [0.15, 0.2) is 42.5 Å². The topological polar surface area (TPSA) is 55.2 Å². The number of amides is 1. The van der Waals surface area contributed by atoms with Crippen molar-refractivity contribution in [3.05, 3.63) is 48.0 Å². The summed E-state index contributed by atoms with van der Waals surface area (Å²) in [6.45, 7) is 6.54. The van der Waals surface area contributed by atoms with Crippen molar-refractivity contribution in [2.24, 2.45) is 0 Å². The molecule has 6 heteroatoms. The van der Waals surface area contributed by atoms with Crippen LogP contribution >= 0.6 is 0 Å². The van der Waals surface area contributed by atoms with Crippen LogP contribution in [0.5, 0.6) is 11.5 Å². The third kappa shape index (κ3) is 3.60. The summed E-state index contributed by atoms with van der Waals surface area (Å²) in [4.78, 5) is 16.2. The van der Waals surface area contributed by atoms with Gasteiger partial charge in [0.05, 0.1) is 26.2 Å². The number of nitrogens with one attached hydrogen (secondary N) is 2. The molecule has 2 aliphatic heterocycles. The highest BCUT2D eigenvalue weighted by molar-refractivity contribution is 5.92. The summed E-state index contributed by atoms with van der Waals surface area (Å²) < 4.78 is 10.8. The van der Waals surface area contributed by atoms with Crippen molar-refractivity contribution in [2.45, 2.75) is 6.92 Å². The molecule has 1 fully saturated rings. The molecule has 26 heavy (non-hydrogen) atoms. The number of anilines is 2. The van der Waals surface area contributed by atoms with Crippen LogP contribution in [0.4, 0.5) is 11.4 Å². The number of nitrogens with zero attached hydrogens (tertiary/aromatic N) is 1. The van der Waals surface area contributed by atoms with E-state index in [-0.39, 0.29) is 12.7 Å². The first-order chi connectivity index (χ1) is 12.7. The van der Waals surface area contributed by atoms with Gasteiger partial charge >= 0.3 is 0 Å². The van der Waals surface area contributed by atoms with Gasteiger partial charge in [-0.2, -0.15) is 0 Å². The summed E-state index contributed by atoms with van der Waals surface area (Å²) in [6, 6.07) is 14.2. The van der Waals surface area contributed by atoms with Crippen LogP contribution in [-0.4, -0.2) is 45.4 Å². The van der Waals surface area contributed by atoms with Gasteiger partial charge in [0.15, 0.2) is 18.0 Å². The summed E-state index contributed by atoms with van der Waals surface area (Å²) in [5.41, 5.74) is 3.03. The van der Waals surface area contributed by atoms with E-state index in [1.54, 1.807) is 0 Å². The predicted octanol–water partition coefficient (Wildman–Crippen LogP) is 1.07. The van der Waals surface area contributed by atoms with Gasteiger partial charge in [0, 0.05) is 17.4 Å². The molecule has 0 radical (unpaired) electrons. The maximum absolute atomic E-state index is 12.5. The molecule has 0 saturated carbocycles. The van der Waals surface area contributed by atoms with Crippen LogP contribution in [0, 0.1) is 6.92 Å². The standard InChI is InChI=1S/C20H23N3O3/c1-15-11-18-19(26-14-25-18)12-17(15)21-20(24)13-22-7-9-23(10-8-22)16-5-3-2-4-6-16/h2-6,11-12H,7-10,13-14H2,1H3,(H,21,24)/p+1. The Hall–Kier alpha value is -2.73. The molecule has 2 aromatic carbocycles. The maximum atomic E-state index is 12.5. The van der Waals surface area contributed by atoms with Crippen molar-refractivity contribution >= 4 is 17.3 Å². The number of piperazine rings is 1. The van der Waals surface area contributed by atoms with Crippen molar-refractivity contribution in [1.29, 1.82) is 0 Å². The second kappa shape index (κ2) is 7.25. The third-order valence-corrected chi connectivity index (χ3v) is 5.00. The highest BCUT2D eigenvalue weighted by Crippen LogP contribution is 2.36. The van der Waals surface area contributed by atoms with E-state index in [1.807, 2.05) is 25.1 Å². The molecular formula is C20H24N3O3+. The number of para-hydroxylation sites is 1. The van der Waals surface area contributed by atoms with Gasteiger partial charge < -0.3 is 24.6 Å². The molecule has 6 nitrogen and oxygen atoms in total. The van der Waals surface area contributed by atoms with E-state index in [9.17, 15) is 4.79 Å². The van der Waals surface area contributed by atoms with Gasteiger partial charge in [-0.3, -0.25) is 4.79 Å². The maximum Gasteiger partial charge on any atom is 0.279 e. The minimum Gasteiger partial charge on any atom is -0.454 e.